The number of thioether (sulfide) groups is 1. The van der Waals surface area contributed by atoms with E-state index in [2.05, 4.69) is 10.3 Å². The molecule has 4 nitrogen and oxygen atoms in total. The molecule has 0 saturated heterocycles. The zero-order chi connectivity index (χ0) is 9.52. The maximum atomic E-state index is 5.22. The van der Waals surface area contributed by atoms with Crippen molar-refractivity contribution in [3.63, 3.8) is 0 Å². The van der Waals surface area contributed by atoms with E-state index in [0.29, 0.717) is 0 Å². The van der Waals surface area contributed by atoms with Gasteiger partial charge in [0.2, 0.25) is 0 Å². The summed E-state index contributed by atoms with van der Waals surface area (Å²) in [5.74, 6) is 0.863. The molecule has 0 bridgehead atoms. The van der Waals surface area contributed by atoms with Crippen molar-refractivity contribution in [1.29, 1.82) is 0 Å². The van der Waals surface area contributed by atoms with E-state index >= 15 is 0 Å². The van der Waals surface area contributed by atoms with Gasteiger partial charge in [0.25, 0.3) is 0 Å². The molecule has 0 atom stereocenters. The van der Waals surface area contributed by atoms with Crippen molar-refractivity contribution in [2.24, 2.45) is 0 Å². The molecular weight excluding hydrogens is 186 g/mol. The summed E-state index contributed by atoms with van der Waals surface area (Å²) in [6, 6.07) is 0. The maximum absolute atomic E-state index is 5.22. The Kier molecular flexibility index (Phi) is 4.85. The lowest BCUT2D eigenvalue weighted by atomic mass is 10.3. The summed E-state index contributed by atoms with van der Waals surface area (Å²) in [5, 5.41) is 8.00. The van der Waals surface area contributed by atoms with Gasteiger partial charge in [-0.3, -0.25) is 0 Å². The van der Waals surface area contributed by atoms with Gasteiger partial charge >= 0.3 is 0 Å². The Bertz CT molecular complexity index is 239. The van der Waals surface area contributed by atoms with Gasteiger partial charge in [0.05, 0.1) is 18.2 Å². The molecule has 0 saturated carbocycles. The van der Waals surface area contributed by atoms with E-state index in [0.717, 1.165) is 31.2 Å². The van der Waals surface area contributed by atoms with Crippen LogP contribution in [0.3, 0.4) is 0 Å². The van der Waals surface area contributed by atoms with Crippen LogP contribution in [0, 0.1) is 0 Å². The minimum Gasteiger partial charge on any atom is -0.381 e. The molecule has 5 heteroatoms. The average molecular weight is 201 g/mol. The van der Waals surface area contributed by atoms with Crippen LogP contribution in [-0.4, -0.2) is 34.5 Å². The van der Waals surface area contributed by atoms with Crippen molar-refractivity contribution in [2.45, 2.75) is 19.2 Å². The molecule has 0 spiro atoms. The smallest absolute Gasteiger partial charge is 0.0878 e. The largest absolute Gasteiger partial charge is 0.381 e. The lowest BCUT2D eigenvalue weighted by Gasteiger charge is -1.96. The van der Waals surface area contributed by atoms with Crippen LogP contribution in [0.5, 0.6) is 0 Å². The molecule has 0 fully saturated rings. The minimum atomic E-state index is 0.731. The molecule has 0 amide bonds. The van der Waals surface area contributed by atoms with Crippen molar-refractivity contribution in [1.82, 2.24) is 15.0 Å². The molecule has 0 aromatic carbocycles. The second-order valence-electron chi connectivity index (χ2n) is 2.61. The van der Waals surface area contributed by atoms with Gasteiger partial charge in [-0.15, -0.1) is 16.9 Å². The first-order valence-corrected chi connectivity index (χ1v) is 5.72. The van der Waals surface area contributed by atoms with Gasteiger partial charge in [0.1, 0.15) is 0 Å². The van der Waals surface area contributed by atoms with Gasteiger partial charge < -0.3 is 4.74 Å². The number of hydrogen-bond acceptors (Lipinski definition) is 4. The first-order chi connectivity index (χ1) is 6.36. The topological polar surface area (TPSA) is 39.9 Å². The number of hydrogen-bond donors (Lipinski definition) is 0. The zero-order valence-electron chi connectivity index (χ0n) is 8.06. The van der Waals surface area contributed by atoms with E-state index in [-0.39, 0.29) is 0 Å². The highest BCUT2D eigenvalue weighted by atomic mass is 32.2. The van der Waals surface area contributed by atoms with Gasteiger partial charge in [-0.1, -0.05) is 5.21 Å². The molecule has 13 heavy (non-hydrogen) atoms. The molecule has 0 aliphatic carbocycles. The van der Waals surface area contributed by atoms with Crippen LogP contribution in [0.2, 0.25) is 0 Å². The quantitative estimate of drug-likeness (QED) is 0.648. The van der Waals surface area contributed by atoms with Crippen molar-refractivity contribution < 1.29 is 4.74 Å². The van der Waals surface area contributed by atoms with Crippen molar-refractivity contribution >= 4 is 11.8 Å². The molecule has 0 unspecified atom stereocenters. The number of rotatable bonds is 6. The monoisotopic (exact) mass is 201 g/mol. The van der Waals surface area contributed by atoms with E-state index in [9.17, 15) is 0 Å². The van der Waals surface area contributed by atoms with E-state index in [1.807, 2.05) is 24.1 Å². The summed E-state index contributed by atoms with van der Waals surface area (Å²) in [5.41, 5.74) is 1.00. The maximum Gasteiger partial charge on any atom is 0.0878 e. The SMILES string of the molecule is CCOCCc1cn(CSC)nn1. The first kappa shape index (κ1) is 10.5. The lowest BCUT2D eigenvalue weighted by Crippen LogP contribution is -1.97. The van der Waals surface area contributed by atoms with E-state index < -0.39 is 0 Å². The van der Waals surface area contributed by atoms with Crippen molar-refractivity contribution in [3.05, 3.63) is 11.9 Å². The Labute approximate surface area is 82.7 Å². The van der Waals surface area contributed by atoms with Crippen molar-refractivity contribution in [3.8, 4) is 0 Å². The van der Waals surface area contributed by atoms with Gasteiger partial charge in [-0.2, -0.15) is 0 Å². The summed E-state index contributed by atoms with van der Waals surface area (Å²) in [6.45, 7) is 3.48. The second-order valence-corrected chi connectivity index (χ2v) is 3.45. The predicted octanol–water partition coefficient (Wildman–Crippen LogP) is 1.18. The van der Waals surface area contributed by atoms with E-state index in [1.165, 1.54) is 0 Å². The second kappa shape index (κ2) is 5.99. The fraction of sp³-hybridized carbons (Fsp3) is 0.750. The highest BCUT2D eigenvalue weighted by Crippen LogP contribution is 2.00. The van der Waals surface area contributed by atoms with Crippen LogP contribution in [0.1, 0.15) is 12.6 Å². The minimum absolute atomic E-state index is 0.731. The fourth-order valence-corrected chi connectivity index (χ4v) is 1.36. The van der Waals surface area contributed by atoms with Crippen LogP contribution in [0.4, 0.5) is 0 Å². The molecule has 0 aliphatic heterocycles. The Morgan fingerprint density at radius 2 is 2.46 bits per heavy atom. The number of aromatic nitrogens is 3. The summed E-state index contributed by atoms with van der Waals surface area (Å²) >= 11 is 1.73. The van der Waals surface area contributed by atoms with Gasteiger partial charge in [-0.25, -0.2) is 4.68 Å². The predicted molar refractivity (Wildman–Crippen MR) is 53.7 cm³/mol. The van der Waals surface area contributed by atoms with Crippen LogP contribution < -0.4 is 0 Å². The van der Waals surface area contributed by atoms with Gasteiger partial charge in [0, 0.05) is 19.2 Å². The van der Waals surface area contributed by atoms with Crippen LogP contribution in [-0.2, 0) is 17.0 Å². The first-order valence-electron chi connectivity index (χ1n) is 4.32. The molecular formula is C8H15N3OS. The molecule has 1 rings (SSSR count). The average Bonchev–Trinajstić information content (AvgIpc) is 2.54. The Balaban J connectivity index is 2.31. The van der Waals surface area contributed by atoms with Gasteiger partial charge in [-0.05, 0) is 13.2 Å². The third kappa shape index (κ3) is 3.78. The number of nitrogens with zero attached hydrogens (tertiary/aromatic N) is 3. The zero-order valence-corrected chi connectivity index (χ0v) is 8.88. The van der Waals surface area contributed by atoms with E-state index in [4.69, 9.17) is 4.74 Å². The summed E-state index contributed by atoms with van der Waals surface area (Å²) in [7, 11) is 0. The van der Waals surface area contributed by atoms with Gasteiger partial charge in [0.15, 0.2) is 0 Å². The van der Waals surface area contributed by atoms with Crippen LogP contribution in [0.15, 0.2) is 6.20 Å². The highest BCUT2D eigenvalue weighted by Gasteiger charge is 1.99. The molecule has 0 aliphatic rings. The molecule has 0 radical (unpaired) electrons. The Morgan fingerprint density at radius 3 is 3.15 bits per heavy atom. The summed E-state index contributed by atoms with van der Waals surface area (Å²) < 4.78 is 7.06. The fourth-order valence-electron chi connectivity index (χ4n) is 0.970. The van der Waals surface area contributed by atoms with E-state index in [1.54, 1.807) is 11.8 Å². The standard InChI is InChI=1S/C8H15N3OS/c1-3-12-5-4-8-6-11(7-13-2)10-9-8/h6H,3-5,7H2,1-2H3. The van der Waals surface area contributed by atoms with Crippen molar-refractivity contribution in [2.75, 3.05) is 19.5 Å². The molecule has 1 aromatic heterocycles. The molecule has 74 valence electrons. The lowest BCUT2D eigenvalue weighted by molar-refractivity contribution is 0.150. The molecule has 1 aromatic rings. The summed E-state index contributed by atoms with van der Waals surface area (Å²) in [6.07, 6.45) is 4.86. The third-order valence-electron chi connectivity index (χ3n) is 1.55. The normalized spacial score (nSPS) is 10.6. The number of ether oxygens (including phenoxy) is 1. The van der Waals surface area contributed by atoms with Crippen LogP contribution >= 0.6 is 11.8 Å². The third-order valence-corrected chi connectivity index (χ3v) is 2.08. The molecule has 1 heterocycles. The highest BCUT2D eigenvalue weighted by molar-refractivity contribution is 7.97. The Hall–Kier alpha value is -0.550. The molecule has 0 N–H and O–H groups in total. The van der Waals surface area contributed by atoms with Crippen LogP contribution in [0.25, 0.3) is 0 Å². The summed E-state index contributed by atoms with van der Waals surface area (Å²) in [4.78, 5) is 0. The Morgan fingerprint density at radius 1 is 1.62 bits per heavy atom.